The summed E-state index contributed by atoms with van der Waals surface area (Å²) < 4.78 is 11.1. The van der Waals surface area contributed by atoms with Crippen LogP contribution in [0.3, 0.4) is 0 Å². The van der Waals surface area contributed by atoms with Crippen LogP contribution in [0.15, 0.2) is 97.1 Å². The molecule has 4 aromatic rings. The molecule has 0 bridgehead atoms. The molecule has 0 heterocycles. The van der Waals surface area contributed by atoms with Gasteiger partial charge < -0.3 is 20.9 Å². The molecule has 5 heteroatoms. The summed E-state index contributed by atoms with van der Waals surface area (Å²) in [6.07, 6.45) is 0. The van der Waals surface area contributed by atoms with Gasteiger partial charge in [0, 0.05) is 22.9 Å². The van der Waals surface area contributed by atoms with Crippen molar-refractivity contribution in [2.45, 2.75) is 0 Å². The van der Waals surface area contributed by atoms with Crippen molar-refractivity contribution < 1.29 is 29.0 Å². The fourth-order valence-corrected chi connectivity index (χ4v) is 2.22. The van der Waals surface area contributed by atoms with Crippen LogP contribution < -0.4 is 20.9 Å². The molecule has 0 saturated carbocycles. The second-order valence-corrected chi connectivity index (χ2v) is 5.81. The molecule has 0 aliphatic rings. The van der Waals surface area contributed by atoms with E-state index in [9.17, 15) is 0 Å². The monoisotopic (exact) mass is 470 g/mol. The van der Waals surface area contributed by atoms with Crippen LogP contribution in [0.2, 0.25) is 0 Å². The zero-order valence-electron chi connectivity index (χ0n) is 15.6. The molecular weight excluding hydrogens is 449 g/mol. The van der Waals surface area contributed by atoms with Crippen molar-refractivity contribution in [3.63, 3.8) is 0 Å². The average molecular weight is 470 g/mol. The van der Waals surface area contributed by atoms with Crippen molar-refractivity contribution in [1.29, 1.82) is 0 Å². The van der Waals surface area contributed by atoms with E-state index in [0.29, 0.717) is 0 Å². The molecule has 29 heavy (non-hydrogen) atoms. The van der Waals surface area contributed by atoms with Crippen molar-refractivity contribution in [2.24, 2.45) is 0 Å². The number of nitrogen functional groups attached to an aromatic ring is 2. The molecule has 0 atom stereocenters. The van der Waals surface area contributed by atoms with E-state index in [-0.39, 0.29) is 19.5 Å². The van der Waals surface area contributed by atoms with Crippen LogP contribution in [-0.4, -0.2) is 0 Å². The first-order chi connectivity index (χ1) is 13.7. The minimum Gasteiger partial charge on any atom is -0.483 e. The summed E-state index contributed by atoms with van der Waals surface area (Å²) in [4.78, 5) is 0. The molecule has 4 aromatic carbocycles. The molecule has 0 fully saturated rings. The third-order valence-electron chi connectivity index (χ3n) is 3.61. The molecule has 0 aliphatic heterocycles. The Balaban J connectivity index is 0.000000200. The molecular formula is C24H20N2O2Ru. The largest absolute Gasteiger partial charge is 2.00 e. The van der Waals surface area contributed by atoms with Crippen LogP contribution in [0.4, 0.5) is 11.4 Å². The molecule has 0 aliphatic carbocycles. The molecule has 0 radical (unpaired) electrons. The quantitative estimate of drug-likeness (QED) is 0.228. The van der Waals surface area contributed by atoms with Crippen LogP contribution in [0, 0.1) is 12.1 Å². The molecule has 4 rings (SSSR count). The normalized spacial score (nSPS) is 9.38. The Morgan fingerprint density at radius 2 is 0.724 bits per heavy atom. The van der Waals surface area contributed by atoms with Crippen LogP contribution in [0.1, 0.15) is 0 Å². The summed E-state index contributed by atoms with van der Waals surface area (Å²) in [5, 5.41) is 0. The van der Waals surface area contributed by atoms with Gasteiger partial charge in [-0.2, -0.15) is 36.4 Å². The van der Waals surface area contributed by atoms with Gasteiger partial charge in [0.15, 0.2) is 0 Å². The summed E-state index contributed by atoms with van der Waals surface area (Å²) in [5.74, 6) is 3.16. The zero-order chi connectivity index (χ0) is 19.6. The van der Waals surface area contributed by atoms with Crippen LogP contribution in [-0.2, 0) is 19.5 Å². The average Bonchev–Trinajstić information content (AvgIpc) is 2.74. The van der Waals surface area contributed by atoms with E-state index in [1.54, 1.807) is 0 Å². The van der Waals surface area contributed by atoms with Crippen LogP contribution in [0.25, 0.3) is 0 Å². The Labute approximate surface area is 183 Å². The maximum atomic E-state index is 5.56. The molecule has 0 amide bonds. The van der Waals surface area contributed by atoms with Gasteiger partial charge in [0.2, 0.25) is 0 Å². The van der Waals surface area contributed by atoms with E-state index in [0.717, 1.165) is 34.4 Å². The van der Waals surface area contributed by atoms with E-state index in [1.165, 1.54) is 0 Å². The van der Waals surface area contributed by atoms with Gasteiger partial charge >= 0.3 is 19.5 Å². The first kappa shape index (κ1) is 22.0. The van der Waals surface area contributed by atoms with Gasteiger partial charge in [-0.1, -0.05) is 0 Å². The second kappa shape index (κ2) is 11.5. The van der Waals surface area contributed by atoms with Gasteiger partial charge in [0.05, 0.1) is 0 Å². The maximum Gasteiger partial charge on any atom is 2.00 e. The smallest absolute Gasteiger partial charge is 0.483 e. The Bertz CT molecular complexity index is 878. The van der Waals surface area contributed by atoms with Crippen LogP contribution in [0.5, 0.6) is 23.0 Å². The van der Waals surface area contributed by atoms with Crippen molar-refractivity contribution in [3.8, 4) is 23.0 Å². The van der Waals surface area contributed by atoms with Gasteiger partial charge in [-0.3, -0.25) is 0 Å². The van der Waals surface area contributed by atoms with Crippen molar-refractivity contribution in [3.05, 3.63) is 109 Å². The standard InChI is InChI=1S/2C12H10NO.Ru/c2*13-10-6-8-12(9-7-10)14-11-4-2-1-3-5-11;/h2*2-9H,13H2;/q2*-1;+2. The van der Waals surface area contributed by atoms with Gasteiger partial charge in [-0.05, 0) is 48.5 Å². The van der Waals surface area contributed by atoms with Crippen molar-refractivity contribution in [2.75, 3.05) is 11.5 Å². The third kappa shape index (κ3) is 7.69. The maximum absolute atomic E-state index is 5.56. The van der Waals surface area contributed by atoms with Crippen molar-refractivity contribution in [1.82, 2.24) is 0 Å². The van der Waals surface area contributed by atoms with E-state index in [2.05, 4.69) is 12.1 Å². The predicted molar refractivity (Wildman–Crippen MR) is 112 cm³/mol. The number of anilines is 2. The van der Waals surface area contributed by atoms with Gasteiger partial charge in [-0.25, -0.2) is 0 Å². The van der Waals surface area contributed by atoms with E-state index >= 15 is 0 Å². The molecule has 146 valence electrons. The molecule has 4 N–H and O–H groups in total. The first-order valence-corrected chi connectivity index (χ1v) is 8.68. The van der Waals surface area contributed by atoms with Gasteiger partial charge in [0.25, 0.3) is 0 Å². The van der Waals surface area contributed by atoms with E-state index < -0.39 is 0 Å². The third-order valence-corrected chi connectivity index (χ3v) is 3.61. The van der Waals surface area contributed by atoms with Crippen LogP contribution >= 0.6 is 0 Å². The number of benzene rings is 4. The Hall–Kier alpha value is -3.30. The summed E-state index contributed by atoms with van der Waals surface area (Å²) in [7, 11) is 0. The zero-order valence-corrected chi connectivity index (χ0v) is 17.3. The SMILES string of the molecule is Nc1ccc(Oc2cc[c-]cc2)cc1.Nc1ccc(Oc2cc[c-]cc2)cc1.[Ru+2]. The summed E-state index contributed by atoms with van der Waals surface area (Å²) in [5.41, 5.74) is 12.6. The number of rotatable bonds is 4. The van der Waals surface area contributed by atoms with Gasteiger partial charge in [-0.15, -0.1) is 24.3 Å². The Morgan fingerprint density at radius 3 is 1.03 bits per heavy atom. The fraction of sp³-hybridized carbons (Fsp3) is 0. The Morgan fingerprint density at radius 1 is 0.448 bits per heavy atom. The van der Waals surface area contributed by atoms with Gasteiger partial charge in [0.1, 0.15) is 11.5 Å². The Kier molecular flexibility index (Phi) is 8.74. The predicted octanol–water partition coefficient (Wildman–Crippen LogP) is 5.72. The minimum atomic E-state index is 0. The number of nitrogens with two attached hydrogens (primary N) is 2. The van der Waals surface area contributed by atoms with E-state index in [1.807, 2.05) is 97.1 Å². The first-order valence-electron chi connectivity index (χ1n) is 8.68. The summed E-state index contributed by atoms with van der Waals surface area (Å²) in [6.45, 7) is 0. The number of hydrogen-bond donors (Lipinski definition) is 2. The minimum absolute atomic E-state index is 0. The summed E-state index contributed by atoms with van der Waals surface area (Å²) >= 11 is 0. The molecule has 0 unspecified atom stereocenters. The number of hydrogen-bond acceptors (Lipinski definition) is 4. The molecule has 0 saturated heterocycles. The molecule has 4 nitrogen and oxygen atoms in total. The second-order valence-electron chi connectivity index (χ2n) is 5.81. The topological polar surface area (TPSA) is 70.5 Å². The summed E-state index contributed by atoms with van der Waals surface area (Å²) in [6, 6.07) is 35.1. The fourth-order valence-electron chi connectivity index (χ4n) is 2.22. The molecule has 0 spiro atoms. The number of ether oxygens (including phenoxy) is 2. The van der Waals surface area contributed by atoms with E-state index in [4.69, 9.17) is 20.9 Å². The molecule has 0 aromatic heterocycles. The van der Waals surface area contributed by atoms with Crippen molar-refractivity contribution >= 4 is 11.4 Å².